The normalized spacial score (nSPS) is 11.5. The molecule has 0 spiro atoms. The Morgan fingerprint density at radius 2 is 0.867 bits per heavy atom. The molecular weight excluding hydrogens is 548 g/mol. The van der Waals surface area contributed by atoms with E-state index in [1.165, 1.54) is 64.0 Å². The van der Waals surface area contributed by atoms with Gasteiger partial charge in [-0.15, -0.1) is 0 Å². The number of aryl methyl sites for hydroxylation is 4. The zero-order chi connectivity index (χ0) is 32.0. The van der Waals surface area contributed by atoms with E-state index in [4.69, 9.17) is 0 Å². The molecule has 4 rings (SSSR count). The van der Waals surface area contributed by atoms with Crippen LogP contribution in [0.15, 0.2) is 85.5 Å². The Balaban J connectivity index is 1.21. The second-order valence-corrected chi connectivity index (χ2v) is 11.9. The number of pyridine rings is 2. The molecule has 0 saturated heterocycles. The van der Waals surface area contributed by atoms with Gasteiger partial charge in [0.25, 0.3) is 0 Å². The maximum absolute atomic E-state index is 2.37. The number of nitrogens with zero attached hydrogens (tertiary/aromatic N) is 4. The van der Waals surface area contributed by atoms with Crippen LogP contribution in [-0.2, 0) is 13.1 Å². The second-order valence-electron chi connectivity index (χ2n) is 11.9. The van der Waals surface area contributed by atoms with Crippen LogP contribution >= 0.6 is 0 Å². The van der Waals surface area contributed by atoms with E-state index in [1.807, 2.05) is 0 Å². The molecule has 0 bridgehead atoms. The van der Waals surface area contributed by atoms with Crippen molar-refractivity contribution in [1.82, 2.24) is 0 Å². The fourth-order valence-electron chi connectivity index (χ4n) is 5.91. The lowest BCUT2D eigenvalue weighted by Crippen LogP contribution is -2.34. The standard InChI is InChI=1S/C41H54N4/c1-7-44(8-2)40-22-16-36(17-23-40)14-20-38-26-30-42(32-34(38)5)28-12-11-13-29-43-31-27-39(35(6)33-43)21-15-37-18-24-41(25-19-37)45(9-3)10-4/h14-27,30-33H,7-13,28-29H2,1-6H3/q+2. The summed E-state index contributed by atoms with van der Waals surface area (Å²) >= 11 is 0. The Morgan fingerprint density at radius 3 is 1.20 bits per heavy atom. The van der Waals surface area contributed by atoms with Crippen LogP contribution in [0.25, 0.3) is 24.3 Å². The average Bonchev–Trinajstić information content (AvgIpc) is 3.06. The van der Waals surface area contributed by atoms with Gasteiger partial charge in [0.2, 0.25) is 0 Å². The highest BCUT2D eigenvalue weighted by molar-refractivity contribution is 5.72. The van der Waals surface area contributed by atoms with Crippen LogP contribution in [-0.4, -0.2) is 26.2 Å². The molecule has 2 aromatic heterocycles. The molecule has 0 saturated carbocycles. The minimum absolute atomic E-state index is 1.04. The second kappa shape index (κ2) is 17.3. The first-order valence-electron chi connectivity index (χ1n) is 17.0. The quantitative estimate of drug-likeness (QED) is 0.0940. The van der Waals surface area contributed by atoms with Crippen molar-refractivity contribution in [3.63, 3.8) is 0 Å². The Kier molecular flexibility index (Phi) is 13.0. The first kappa shape index (κ1) is 33.7. The van der Waals surface area contributed by atoms with Gasteiger partial charge in [-0.1, -0.05) is 48.6 Å². The van der Waals surface area contributed by atoms with Crippen LogP contribution in [0.4, 0.5) is 11.4 Å². The molecule has 0 N–H and O–H groups in total. The summed E-state index contributed by atoms with van der Waals surface area (Å²) in [6, 6.07) is 22.2. The number of unbranched alkanes of at least 4 members (excludes halogenated alkanes) is 2. The monoisotopic (exact) mass is 602 g/mol. The van der Waals surface area contributed by atoms with Gasteiger partial charge in [0.05, 0.1) is 0 Å². The van der Waals surface area contributed by atoms with Gasteiger partial charge < -0.3 is 9.80 Å². The zero-order valence-electron chi connectivity index (χ0n) is 28.5. The molecule has 236 valence electrons. The molecule has 0 aliphatic heterocycles. The molecule has 0 amide bonds. The molecule has 0 aliphatic rings. The highest BCUT2D eigenvalue weighted by Gasteiger charge is 2.08. The molecule has 2 aromatic carbocycles. The van der Waals surface area contributed by atoms with Crippen molar-refractivity contribution in [1.29, 1.82) is 0 Å². The maximum Gasteiger partial charge on any atom is 0.172 e. The van der Waals surface area contributed by atoms with Crippen LogP contribution < -0.4 is 18.9 Å². The summed E-state index contributed by atoms with van der Waals surface area (Å²) in [5.41, 5.74) is 10.2. The van der Waals surface area contributed by atoms with Crippen LogP contribution in [0.5, 0.6) is 0 Å². The fourth-order valence-corrected chi connectivity index (χ4v) is 5.91. The van der Waals surface area contributed by atoms with Crippen molar-refractivity contribution in [2.24, 2.45) is 0 Å². The predicted octanol–water partition coefficient (Wildman–Crippen LogP) is 8.78. The first-order chi connectivity index (χ1) is 21.9. The van der Waals surface area contributed by atoms with Crippen molar-refractivity contribution in [2.75, 3.05) is 36.0 Å². The zero-order valence-corrected chi connectivity index (χ0v) is 28.5. The minimum atomic E-state index is 1.04. The van der Waals surface area contributed by atoms with Gasteiger partial charge in [0, 0.05) is 73.7 Å². The lowest BCUT2D eigenvalue weighted by Gasteiger charge is -2.20. The molecule has 4 heteroatoms. The number of hydrogen-bond acceptors (Lipinski definition) is 2. The summed E-state index contributed by atoms with van der Waals surface area (Å²) in [5, 5.41) is 0. The van der Waals surface area contributed by atoms with E-state index in [1.54, 1.807) is 0 Å². The predicted molar refractivity (Wildman–Crippen MR) is 194 cm³/mol. The van der Waals surface area contributed by atoms with Gasteiger partial charge in [-0.2, -0.15) is 0 Å². The van der Waals surface area contributed by atoms with E-state index in [0.717, 1.165) is 39.3 Å². The van der Waals surface area contributed by atoms with Gasteiger partial charge in [0.15, 0.2) is 24.8 Å². The van der Waals surface area contributed by atoms with E-state index >= 15 is 0 Å². The van der Waals surface area contributed by atoms with E-state index in [0.29, 0.717) is 0 Å². The molecule has 4 nitrogen and oxygen atoms in total. The van der Waals surface area contributed by atoms with Crippen LogP contribution in [0.3, 0.4) is 0 Å². The molecule has 0 fully saturated rings. The van der Waals surface area contributed by atoms with Crippen molar-refractivity contribution in [2.45, 2.75) is 73.9 Å². The minimum Gasteiger partial charge on any atom is -0.372 e. The first-order valence-corrected chi connectivity index (χ1v) is 17.0. The molecular formula is C41H54N4+2. The van der Waals surface area contributed by atoms with Gasteiger partial charge in [0.1, 0.15) is 13.1 Å². The lowest BCUT2D eigenvalue weighted by molar-refractivity contribution is -0.701. The molecule has 0 atom stereocenters. The molecule has 0 radical (unpaired) electrons. The molecule has 4 aromatic rings. The summed E-state index contributed by atoms with van der Waals surface area (Å²) in [6.45, 7) is 19.5. The summed E-state index contributed by atoms with van der Waals surface area (Å²) in [7, 11) is 0. The Labute approximate surface area is 273 Å². The molecule has 2 heterocycles. The summed E-state index contributed by atoms with van der Waals surface area (Å²) in [6.07, 6.45) is 21.5. The smallest absolute Gasteiger partial charge is 0.172 e. The summed E-state index contributed by atoms with van der Waals surface area (Å²) in [4.78, 5) is 4.75. The van der Waals surface area contributed by atoms with Crippen LogP contribution in [0, 0.1) is 13.8 Å². The van der Waals surface area contributed by atoms with Crippen LogP contribution in [0.1, 0.15) is 80.3 Å². The van der Waals surface area contributed by atoms with E-state index < -0.39 is 0 Å². The SMILES string of the molecule is CCN(CC)c1ccc(/C=C/c2cc[n+](CCCCC[n+]3ccc(/C=C/c4ccc(N(CC)CC)cc4)c(C)c3)cc2C)cc1. The highest BCUT2D eigenvalue weighted by Crippen LogP contribution is 2.19. The molecule has 0 aliphatic carbocycles. The largest absolute Gasteiger partial charge is 0.372 e. The number of benzene rings is 2. The van der Waals surface area contributed by atoms with Crippen molar-refractivity contribution >= 4 is 35.7 Å². The summed E-state index contributed by atoms with van der Waals surface area (Å²) in [5.74, 6) is 0. The van der Waals surface area contributed by atoms with Crippen LogP contribution in [0.2, 0.25) is 0 Å². The van der Waals surface area contributed by atoms with Gasteiger partial charge >= 0.3 is 0 Å². The number of aromatic nitrogens is 2. The Bertz CT molecular complexity index is 1410. The number of anilines is 2. The van der Waals surface area contributed by atoms with Gasteiger partial charge in [-0.05, 0) is 94.5 Å². The fraction of sp³-hybridized carbons (Fsp3) is 0.366. The number of rotatable bonds is 16. The molecule has 0 unspecified atom stereocenters. The van der Waals surface area contributed by atoms with Crippen molar-refractivity contribution in [3.8, 4) is 0 Å². The van der Waals surface area contributed by atoms with E-state index in [9.17, 15) is 0 Å². The van der Waals surface area contributed by atoms with Crippen molar-refractivity contribution in [3.05, 3.63) is 119 Å². The summed E-state index contributed by atoms with van der Waals surface area (Å²) < 4.78 is 4.67. The topological polar surface area (TPSA) is 14.2 Å². The highest BCUT2D eigenvalue weighted by atomic mass is 15.1. The van der Waals surface area contributed by atoms with Gasteiger partial charge in [-0.3, -0.25) is 0 Å². The Hall–Kier alpha value is -4.18. The average molecular weight is 603 g/mol. The van der Waals surface area contributed by atoms with E-state index in [-0.39, 0.29) is 0 Å². The lowest BCUT2D eigenvalue weighted by atomic mass is 10.1. The maximum atomic E-state index is 2.37. The third-order valence-corrected chi connectivity index (χ3v) is 8.81. The third kappa shape index (κ3) is 9.91. The number of hydrogen-bond donors (Lipinski definition) is 0. The third-order valence-electron chi connectivity index (χ3n) is 8.81. The van der Waals surface area contributed by atoms with Crippen molar-refractivity contribution < 1.29 is 9.13 Å². The van der Waals surface area contributed by atoms with Gasteiger partial charge in [-0.25, -0.2) is 9.13 Å². The Morgan fingerprint density at radius 1 is 0.489 bits per heavy atom. The molecule has 45 heavy (non-hydrogen) atoms. The van der Waals surface area contributed by atoms with E-state index in [2.05, 4.69) is 170 Å².